The number of hydrogen-bond donors (Lipinski definition) is 1. The summed E-state index contributed by atoms with van der Waals surface area (Å²) in [6.07, 6.45) is 1.46. The van der Waals surface area contributed by atoms with E-state index in [-0.39, 0.29) is 0 Å². The van der Waals surface area contributed by atoms with Crippen LogP contribution >= 0.6 is 15.9 Å². The molecule has 0 saturated heterocycles. The monoisotopic (exact) mass is 302 g/mol. The van der Waals surface area contributed by atoms with Crippen molar-refractivity contribution in [1.29, 1.82) is 0 Å². The van der Waals surface area contributed by atoms with E-state index in [0.717, 1.165) is 28.8 Å². The number of halogens is 1. The number of aryl methyl sites for hydroxylation is 2. The summed E-state index contributed by atoms with van der Waals surface area (Å²) in [5.41, 5.74) is 1.41. The minimum Gasteiger partial charge on any atom is -0.481 e. The minimum absolute atomic E-state index is 0.651. The number of nitrogens with zero attached hydrogens (tertiary/aromatic N) is 2. The van der Waals surface area contributed by atoms with Gasteiger partial charge in [0.1, 0.15) is 0 Å². The molecule has 0 atom stereocenters. The fourth-order valence-electron chi connectivity index (χ4n) is 1.67. The first kappa shape index (κ1) is 14.2. The van der Waals surface area contributed by atoms with Crippen molar-refractivity contribution in [1.82, 2.24) is 9.78 Å². The molecule has 0 bridgehead atoms. The minimum atomic E-state index is -0.743. The predicted octanol–water partition coefficient (Wildman–Crippen LogP) is 3.15. The maximum absolute atomic E-state index is 11.0. The van der Waals surface area contributed by atoms with Crippen molar-refractivity contribution < 1.29 is 9.90 Å². The van der Waals surface area contributed by atoms with Crippen molar-refractivity contribution in [2.75, 3.05) is 0 Å². The second-order valence-corrected chi connectivity index (χ2v) is 5.79. The van der Waals surface area contributed by atoms with E-state index in [1.54, 1.807) is 13.8 Å². The summed E-state index contributed by atoms with van der Waals surface area (Å²) in [6.45, 7) is 8.23. The van der Waals surface area contributed by atoms with Crippen molar-refractivity contribution >= 4 is 21.9 Å². The van der Waals surface area contributed by atoms with Crippen LogP contribution in [0.1, 0.15) is 38.1 Å². The molecule has 0 aliphatic rings. The van der Waals surface area contributed by atoms with Crippen molar-refractivity contribution in [2.24, 2.45) is 5.41 Å². The fourth-order valence-corrected chi connectivity index (χ4v) is 1.95. The highest BCUT2D eigenvalue weighted by molar-refractivity contribution is 9.10. The number of rotatable bonds is 5. The first-order valence-electron chi connectivity index (χ1n) is 5.68. The molecule has 0 unspecified atom stereocenters. The maximum Gasteiger partial charge on any atom is 0.309 e. The zero-order valence-corrected chi connectivity index (χ0v) is 12.3. The van der Waals surface area contributed by atoms with Gasteiger partial charge < -0.3 is 5.11 Å². The highest BCUT2D eigenvalue weighted by Crippen LogP contribution is 2.24. The van der Waals surface area contributed by atoms with Gasteiger partial charge in [-0.1, -0.05) is 0 Å². The molecular weight excluding hydrogens is 284 g/mol. The van der Waals surface area contributed by atoms with Crippen LogP contribution in [-0.2, 0) is 11.3 Å². The summed E-state index contributed by atoms with van der Waals surface area (Å²) < 4.78 is 2.96. The van der Waals surface area contributed by atoms with Gasteiger partial charge in [-0.2, -0.15) is 5.10 Å². The van der Waals surface area contributed by atoms with Gasteiger partial charge in [-0.3, -0.25) is 9.48 Å². The van der Waals surface area contributed by atoms with Crippen LogP contribution in [0.5, 0.6) is 0 Å². The molecule has 0 aliphatic carbocycles. The van der Waals surface area contributed by atoms with Gasteiger partial charge in [0.25, 0.3) is 0 Å². The van der Waals surface area contributed by atoms with Gasteiger partial charge in [0.2, 0.25) is 0 Å². The van der Waals surface area contributed by atoms with E-state index in [1.165, 1.54) is 0 Å². The Labute approximate surface area is 110 Å². The average Bonchev–Trinajstić information content (AvgIpc) is 2.46. The van der Waals surface area contributed by atoms with Crippen LogP contribution < -0.4 is 0 Å². The number of carboxylic acids is 1. The highest BCUT2D eigenvalue weighted by Gasteiger charge is 2.26. The van der Waals surface area contributed by atoms with E-state index in [4.69, 9.17) is 5.11 Å². The summed E-state index contributed by atoms with van der Waals surface area (Å²) in [5.74, 6) is -0.743. The second-order valence-electron chi connectivity index (χ2n) is 5.00. The lowest BCUT2D eigenvalue weighted by molar-refractivity contribution is -0.147. The van der Waals surface area contributed by atoms with Crippen molar-refractivity contribution in [3.63, 3.8) is 0 Å². The van der Waals surface area contributed by atoms with E-state index in [2.05, 4.69) is 21.0 Å². The lowest BCUT2D eigenvalue weighted by Crippen LogP contribution is -2.24. The third kappa shape index (κ3) is 3.31. The predicted molar refractivity (Wildman–Crippen MR) is 70.1 cm³/mol. The van der Waals surface area contributed by atoms with E-state index in [1.807, 2.05) is 18.5 Å². The summed E-state index contributed by atoms with van der Waals surface area (Å²) in [5, 5.41) is 13.4. The number of carboxylic acid groups (broad SMARTS) is 1. The van der Waals surface area contributed by atoms with Crippen molar-refractivity contribution in [3.8, 4) is 0 Å². The van der Waals surface area contributed by atoms with Crippen LogP contribution in [0.25, 0.3) is 0 Å². The standard InChI is InChI=1S/C12H19BrN2O2/c1-8-10(13)9(2)15(14-8)7-5-6-12(3,4)11(16)17/h5-7H2,1-4H3,(H,16,17). The molecule has 4 nitrogen and oxygen atoms in total. The van der Waals surface area contributed by atoms with Gasteiger partial charge in [0, 0.05) is 12.2 Å². The molecule has 96 valence electrons. The van der Waals surface area contributed by atoms with Crippen LogP contribution in [0, 0.1) is 19.3 Å². The Morgan fingerprint density at radius 2 is 2.06 bits per heavy atom. The molecule has 1 aromatic heterocycles. The molecule has 1 heterocycles. The first-order valence-corrected chi connectivity index (χ1v) is 6.48. The third-order valence-corrected chi connectivity index (χ3v) is 4.19. The molecule has 5 heteroatoms. The Morgan fingerprint density at radius 1 is 1.47 bits per heavy atom. The summed E-state index contributed by atoms with van der Waals surface area (Å²) in [7, 11) is 0. The second kappa shape index (κ2) is 5.21. The fraction of sp³-hybridized carbons (Fsp3) is 0.667. The zero-order valence-electron chi connectivity index (χ0n) is 10.7. The molecule has 0 aliphatic heterocycles. The molecule has 17 heavy (non-hydrogen) atoms. The molecule has 0 fully saturated rings. The number of hydrogen-bond acceptors (Lipinski definition) is 2. The topological polar surface area (TPSA) is 55.1 Å². The molecule has 0 radical (unpaired) electrons. The molecule has 1 rings (SSSR count). The van der Waals surface area contributed by atoms with Crippen LogP contribution in [0.2, 0.25) is 0 Å². The van der Waals surface area contributed by atoms with Crippen molar-refractivity contribution in [2.45, 2.75) is 47.1 Å². The summed E-state index contributed by atoms with van der Waals surface area (Å²) in [6, 6.07) is 0. The van der Waals surface area contributed by atoms with Gasteiger partial charge in [-0.05, 0) is 56.5 Å². The van der Waals surface area contributed by atoms with E-state index in [0.29, 0.717) is 6.42 Å². The molecule has 0 saturated carbocycles. The lowest BCUT2D eigenvalue weighted by Gasteiger charge is -2.18. The van der Waals surface area contributed by atoms with Crippen molar-refractivity contribution in [3.05, 3.63) is 15.9 Å². The molecule has 1 aromatic rings. The molecule has 0 aromatic carbocycles. The van der Waals surface area contributed by atoms with E-state index in [9.17, 15) is 4.79 Å². The van der Waals surface area contributed by atoms with Crippen LogP contribution in [0.4, 0.5) is 0 Å². The SMILES string of the molecule is Cc1nn(CCCC(C)(C)C(=O)O)c(C)c1Br. The smallest absolute Gasteiger partial charge is 0.309 e. The summed E-state index contributed by atoms with van der Waals surface area (Å²) in [4.78, 5) is 11.0. The Kier molecular flexibility index (Phi) is 4.36. The quantitative estimate of drug-likeness (QED) is 0.909. The summed E-state index contributed by atoms with van der Waals surface area (Å²) >= 11 is 3.48. The molecule has 0 amide bonds. The molecule has 0 spiro atoms. The van der Waals surface area contributed by atoms with E-state index < -0.39 is 11.4 Å². The normalized spacial score (nSPS) is 11.8. The Morgan fingerprint density at radius 3 is 2.47 bits per heavy atom. The average molecular weight is 303 g/mol. The van der Waals surface area contributed by atoms with Crippen LogP contribution in [-0.4, -0.2) is 20.9 Å². The van der Waals surface area contributed by atoms with Crippen LogP contribution in [0.15, 0.2) is 4.47 Å². The molecule has 1 N–H and O–H groups in total. The zero-order chi connectivity index (χ0) is 13.2. The Balaban J connectivity index is 2.57. The Bertz CT molecular complexity index is 424. The van der Waals surface area contributed by atoms with Gasteiger partial charge in [-0.25, -0.2) is 0 Å². The lowest BCUT2D eigenvalue weighted by atomic mass is 9.88. The van der Waals surface area contributed by atoms with Crippen LogP contribution in [0.3, 0.4) is 0 Å². The largest absolute Gasteiger partial charge is 0.481 e. The van der Waals surface area contributed by atoms with Gasteiger partial charge in [0.15, 0.2) is 0 Å². The maximum atomic E-state index is 11.0. The Hall–Kier alpha value is -0.840. The number of aliphatic carboxylic acids is 1. The first-order chi connectivity index (χ1) is 7.75. The third-order valence-electron chi connectivity index (χ3n) is 3.04. The number of carbonyl (C=O) groups is 1. The van der Waals surface area contributed by atoms with E-state index >= 15 is 0 Å². The number of aromatic nitrogens is 2. The van der Waals surface area contributed by atoms with Gasteiger partial charge >= 0.3 is 5.97 Å². The van der Waals surface area contributed by atoms with Gasteiger partial charge in [-0.15, -0.1) is 0 Å². The highest BCUT2D eigenvalue weighted by atomic mass is 79.9. The van der Waals surface area contributed by atoms with Gasteiger partial charge in [0.05, 0.1) is 15.6 Å². The molecular formula is C12H19BrN2O2.